The Bertz CT molecular complexity index is 678. The Morgan fingerprint density at radius 1 is 1.22 bits per heavy atom. The zero-order valence-corrected chi connectivity index (χ0v) is 13.9. The lowest BCUT2D eigenvalue weighted by molar-refractivity contribution is 0.0714. The summed E-state index contributed by atoms with van der Waals surface area (Å²) in [6, 6.07) is 6.42. The maximum absolute atomic E-state index is 12.5. The number of carbonyl (C=O) groups excluding carboxylic acids is 1. The average molecular weight is 337 g/mol. The molecule has 1 amide bonds. The Labute approximate surface area is 137 Å². The van der Waals surface area contributed by atoms with Crippen LogP contribution in [0.4, 0.5) is 0 Å². The molecule has 0 spiro atoms. The van der Waals surface area contributed by atoms with E-state index in [-0.39, 0.29) is 16.8 Å². The predicted molar refractivity (Wildman–Crippen MR) is 87.5 cm³/mol. The van der Waals surface area contributed by atoms with Gasteiger partial charge in [-0.1, -0.05) is 6.07 Å². The lowest BCUT2D eigenvalue weighted by Crippen LogP contribution is -2.42. The normalized spacial score (nSPS) is 19.8. The highest BCUT2D eigenvalue weighted by Gasteiger charge is 2.26. The van der Waals surface area contributed by atoms with Crippen molar-refractivity contribution >= 4 is 15.9 Å². The molecule has 126 valence electrons. The highest BCUT2D eigenvalue weighted by molar-refractivity contribution is 7.89. The van der Waals surface area contributed by atoms with Gasteiger partial charge in [0.25, 0.3) is 5.91 Å². The second-order valence-corrected chi connectivity index (χ2v) is 8.22. The molecule has 1 aliphatic heterocycles. The van der Waals surface area contributed by atoms with Crippen LogP contribution >= 0.6 is 0 Å². The molecular formula is C16H23N3O3S. The second kappa shape index (κ2) is 6.59. The number of nitrogens with zero attached hydrogens (tertiary/aromatic N) is 1. The number of nitrogens with one attached hydrogen (secondary N) is 1. The van der Waals surface area contributed by atoms with Gasteiger partial charge in [-0.15, -0.1) is 0 Å². The highest BCUT2D eigenvalue weighted by atomic mass is 32.2. The smallest absolute Gasteiger partial charge is 0.253 e. The third-order valence-corrected chi connectivity index (χ3v) is 5.90. The molecule has 0 radical (unpaired) electrons. The number of sulfonamides is 1. The van der Waals surface area contributed by atoms with Gasteiger partial charge in [0.15, 0.2) is 0 Å². The minimum atomic E-state index is -3.55. The molecular weight excluding hydrogens is 314 g/mol. The molecule has 0 aromatic heterocycles. The van der Waals surface area contributed by atoms with Crippen molar-refractivity contribution in [3.05, 3.63) is 29.8 Å². The van der Waals surface area contributed by atoms with Crippen LogP contribution in [0.2, 0.25) is 0 Å². The number of carbonyl (C=O) groups is 1. The van der Waals surface area contributed by atoms with Crippen LogP contribution in [0.3, 0.4) is 0 Å². The minimum Gasteiger partial charge on any atom is -0.339 e. The van der Waals surface area contributed by atoms with E-state index in [1.807, 2.05) is 0 Å². The van der Waals surface area contributed by atoms with E-state index in [1.54, 1.807) is 17.0 Å². The summed E-state index contributed by atoms with van der Waals surface area (Å²) in [6.45, 7) is 1.72. The van der Waals surface area contributed by atoms with Crippen molar-refractivity contribution in [3.63, 3.8) is 0 Å². The van der Waals surface area contributed by atoms with Gasteiger partial charge in [0, 0.05) is 31.2 Å². The van der Waals surface area contributed by atoms with Crippen LogP contribution in [0.15, 0.2) is 29.2 Å². The van der Waals surface area contributed by atoms with Crippen LogP contribution in [0.1, 0.15) is 36.0 Å². The SMILES string of the molecule is NC1CCN(C(=O)c2cccc(S(=O)(=O)NCC3CC3)c2)CC1. The summed E-state index contributed by atoms with van der Waals surface area (Å²) in [5.74, 6) is 0.336. The second-order valence-electron chi connectivity index (χ2n) is 6.45. The fourth-order valence-electron chi connectivity index (χ4n) is 2.71. The maximum Gasteiger partial charge on any atom is 0.253 e. The zero-order valence-electron chi connectivity index (χ0n) is 13.1. The average Bonchev–Trinajstić information content (AvgIpc) is 3.38. The van der Waals surface area contributed by atoms with Crippen molar-refractivity contribution in [1.29, 1.82) is 0 Å². The van der Waals surface area contributed by atoms with Gasteiger partial charge in [-0.3, -0.25) is 4.79 Å². The summed E-state index contributed by atoms with van der Waals surface area (Å²) in [4.78, 5) is 14.4. The van der Waals surface area contributed by atoms with Gasteiger partial charge in [0.1, 0.15) is 0 Å². The van der Waals surface area contributed by atoms with E-state index < -0.39 is 10.0 Å². The van der Waals surface area contributed by atoms with Crippen LogP contribution in [-0.2, 0) is 10.0 Å². The number of likely N-dealkylation sites (tertiary alicyclic amines) is 1. The standard InChI is InChI=1S/C16H23N3O3S/c17-14-6-8-19(9-7-14)16(20)13-2-1-3-15(10-13)23(21,22)18-11-12-4-5-12/h1-3,10,12,14,18H,4-9,11,17H2. The highest BCUT2D eigenvalue weighted by Crippen LogP contribution is 2.28. The van der Waals surface area contributed by atoms with Gasteiger partial charge >= 0.3 is 0 Å². The first kappa shape index (κ1) is 16.4. The van der Waals surface area contributed by atoms with Crippen LogP contribution in [-0.4, -0.2) is 44.9 Å². The molecule has 6 nitrogen and oxygen atoms in total. The summed E-state index contributed by atoms with van der Waals surface area (Å²) in [5, 5.41) is 0. The van der Waals surface area contributed by atoms with Gasteiger partial charge in [-0.05, 0) is 49.8 Å². The summed E-state index contributed by atoms with van der Waals surface area (Å²) in [6.07, 6.45) is 3.73. The van der Waals surface area contributed by atoms with E-state index in [2.05, 4.69) is 4.72 Å². The number of benzene rings is 1. The van der Waals surface area contributed by atoms with Crippen molar-refractivity contribution in [2.24, 2.45) is 11.7 Å². The van der Waals surface area contributed by atoms with Gasteiger partial charge in [0.2, 0.25) is 10.0 Å². The van der Waals surface area contributed by atoms with Gasteiger partial charge < -0.3 is 10.6 Å². The quantitative estimate of drug-likeness (QED) is 0.836. The van der Waals surface area contributed by atoms with Crippen molar-refractivity contribution in [2.45, 2.75) is 36.6 Å². The van der Waals surface area contributed by atoms with Crippen LogP contribution < -0.4 is 10.5 Å². The van der Waals surface area contributed by atoms with E-state index in [1.165, 1.54) is 12.1 Å². The van der Waals surface area contributed by atoms with Crippen LogP contribution in [0.25, 0.3) is 0 Å². The monoisotopic (exact) mass is 337 g/mol. The summed E-state index contributed by atoms with van der Waals surface area (Å²) in [5.41, 5.74) is 6.27. The molecule has 3 rings (SSSR count). The molecule has 1 aromatic carbocycles. The zero-order chi connectivity index (χ0) is 16.4. The molecule has 23 heavy (non-hydrogen) atoms. The molecule has 1 aliphatic carbocycles. The number of hydrogen-bond acceptors (Lipinski definition) is 4. The molecule has 1 saturated carbocycles. The van der Waals surface area contributed by atoms with Crippen molar-refractivity contribution in [3.8, 4) is 0 Å². The van der Waals surface area contributed by atoms with E-state index in [4.69, 9.17) is 5.73 Å². The third kappa shape index (κ3) is 4.10. The number of rotatable bonds is 5. The Hall–Kier alpha value is -1.44. The lowest BCUT2D eigenvalue weighted by atomic mass is 10.0. The van der Waals surface area contributed by atoms with E-state index in [0.717, 1.165) is 25.7 Å². The Morgan fingerprint density at radius 3 is 2.57 bits per heavy atom. The summed E-state index contributed by atoms with van der Waals surface area (Å²) >= 11 is 0. The predicted octanol–water partition coefficient (Wildman–Crippen LogP) is 0.938. The van der Waals surface area contributed by atoms with Gasteiger partial charge in [-0.25, -0.2) is 13.1 Å². The minimum absolute atomic E-state index is 0.129. The van der Waals surface area contributed by atoms with E-state index in [9.17, 15) is 13.2 Å². The molecule has 1 heterocycles. The first-order valence-corrected chi connectivity index (χ1v) is 9.58. The number of amides is 1. The van der Waals surface area contributed by atoms with Crippen molar-refractivity contribution < 1.29 is 13.2 Å². The van der Waals surface area contributed by atoms with E-state index in [0.29, 0.717) is 31.1 Å². The molecule has 1 saturated heterocycles. The Kier molecular flexibility index (Phi) is 4.70. The fraction of sp³-hybridized carbons (Fsp3) is 0.562. The Morgan fingerprint density at radius 2 is 1.91 bits per heavy atom. The topological polar surface area (TPSA) is 92.5 Å². The van der Waals surface area contributed by atoms with Crippen LogP contribution in [0.5, 0.6) is 0 Å². The third-order valence-electron chi connectivity index (χ3n) is 4.48. The molecule has 2 aliphatic rings. The van der Waals surface area contributed by atoms with Crippen molar-refractivity contribution in [2.75, 3.05) is 19.6 Å². The first-order chi connectivity index (χ1) is 11.0. The molecule has 2 fully saturated rings. The molecule has 0 unspecified atom stereocenters. The van der Waals surface area contributed by atoms with Gasteiger partial charge in [0.05, 0.1) is 4.90 Å². The molecule has 3 N–H and O–H groups in total. The van der Waals surface area contributed by atoms with Crippen molar-refractivity contribution in [1.82, 2.24) is 9.62 Å². The molecule has 7 heteroatoms. The lowest BCUT2D eigenvalue weighted by Gasteiger charge is -2.30. The molecule has 1 aromatic rings. The first-order valence-electron chi connectivity index (χ1n) is 8.10. The number of piperidine rings is 1. The van der Waals surface area contributed by atoms with E-state index >= 15 is 0 Å². The molecule has 0 bridgehead atoms. The fourth-order valence-corrected chi connectivity index (χ4v) is 3.88. The summed E-state index contributed by atoms with van der Waals surface area (Å²) in [7, 11) is -3.55. The number of hydrogen-bond donors (Lipinski definition) is 2. The maximum atomic E-state index is 12.5. The Balaban J connectivity index is 1.72. The largest absolute Gasteiger partial charge is 0.339 e. The van der Waals surface area contributed by atoms with Crippen LogP contribution in [0, 0.1) is 5.92 Å². The number of nitrogens with two attached hydrogens (primary N) is 1. The molecule has 0 atom stereocenters. The summed E-state index contributed by atoms with van der Waals surface area (Å²) < 4.78 is 27.2. The van der Waals surface area contributed by atoms with Gasteiger partial charge in [-0.2, -0.15) is 0 Å².